The van der Waals surface area contributed by atoms with E-state index in [-0.39, 0.29) is 0 Å². The third-order valence-electron chi connectivity index (χ3n) is 3.78. The molecule has 0 aliphatic carbocycles. The summed E-state index contributed by atoms with van der Waals surface area (Å²) in [4.78, 5) is 7.15. The van der Waals surface area contributed by atoms with Crippen molar-refractivity contribution in [2.75, 3.05) is 24.5 Å². The summed E-state index contributed by atoms with van der Waals surface area (Å²) in [6, 6.07) is 4.70. The number of aromatic nitrogens is 1. The fourth-order valence-electron chi connectivity index (χ4n) is 2.62. The molecular formula is C15H24BrN3. The van der Waals surface area contributed by atoms with Crippen LogP contribution in [0.5, 0.6) is 0 Å². The van der Waals surface area contributed by atoms with Crippen LogP contribution in [0.15, 0.2) is 16.6 Å². The number of hydrogen-bond acceptors (Lipinski definition) is 3. The van der Waals surface area contributed by atoms with Crippen LogP contribution in [0.4, 0.5) is 5.82 Å². The number of nitrogens with one attached hydrogen (secondary N) is 1. The van der Waals surface area contributed by atoms with Crippen LogP contribution in [0.3, 0.4) is 0 Å². The number of aryl methyl sites for hydroxylation is 1. The monoisotopic (exact) mass is 325 g/mol. The maximum Gasteiger partial charge on any atom is 0.129 e. The molecule has 0 bridgehead atoms. The maximum absolute atomic E-state index is 4.72. The van der Waals surface area contributed by atoms with E-state index < -0.39 is 0 Å². The average molecular weight is 326 g/mol. The highest BCUT2D eigenvalue weighted by Crippen LogP contribution is 2.23. The van der Waals surface area contributed by atoms with Crippen molar-refractivity contribution >= 4 is 21.7 Å². The molecule has 0 radical (unpaired) electrons. The fourth-order valence-corrected chi connectivity index (χ4v) is 2.84. The van der Waals surface area contributed by atoms with Crippen LogP contribution in [-0.2, 0) is 0 Å². The molecule has 2 heterocycles. The summed E-state index contributed by atoms with van der Waals surface area (Å²) in [5.74, 6) is 1.84. The normalized spacial score (nSPS) is 19.7. The highest BCUT2D eigenvalue weighted by Gasteiger charge is 2.20. The molecule has 1 aromatic rings. The zero-order chi connectivity index (χ0) is 13.8. The lowest BCUT2D eigenvalue weighted by atomic mass is 9.98. The van der Waals surface area contributed by atoms with E-state index in [4.69, 9.17) is 4.98 Å². The Kier molecular flexibility index (Phi) is 5.22. The summed E-state index contributed by atoms with van der Waals surface area (Å²) in [6.07, 6.45) is 2.62. The molecule has 1 N–H and O–H groups in total. The Hall–Kier alpha value is -0.610. The minimum atomic E-state index is 0.481. The summed E-state index contributed by atoms with van der Waals surface area (Å²) in [6.45, 7) is 9.95. The lowest BCUT2D eigenvalue weighted by molar-refractivity contribution is 0.370. The molecule has 1 aliphatic rings. The Labute approximate surface area is 124 Å². The lowest BCUT2D eigenvalue weighted by Crippen LogP contribution is -2.41. The van der Waals surface area contributed by atoms with E-state index in [1.165, 1.54) is 19.4 Å². The van der Waals surface area contributed by atoms with Crippen LogP contribution in [0.25, 0.3) is 0 Å². The molecule has 0 amide bonds. The van der Waals surface area contributed by atoms with Gasteiger partial charge in [0.25, 0.3) is 0 Å². The van der Waals surface area contributed by atoms with Gasteiger partial charge >= 0.3 is 0 Å². The Balaban J connectivity index is 2.12. The molecule has 1 fully saturated rings. The van der Waals surface area contributed by atoms with Crippen LogP contribution in [0.1, 0.15) is 32.4 Å². The van der Waals surface area contributed by atoms with Crippen LogP contribution < -0.4 is 10.2 Å². The molecule has 1 aromatic heterocycles. The van der Waals surface area contributed by atoms with Crippen molar-refractivity contribution in [1.29, 1.82) is 0 Å². The number of pyridine rings is 1. The first-order chi connectivity index (χ1) is 9.08. The minimum Gasteiger partial charge on any atom is -0.354 e. The van der Waals surface area contributed by atoms with Gasteiger partial charge in [-0.3, -0.25) is 0 Å². The van der Waals surface area contributed by atoms with Gasteiger partial charge in [-0.15, -0.1) is 0 Å². The summed E-state index contributed by atoms with van der Waals surface area (Å²) < 4.78 is 1.08. The Morgan fingerprint density at radius 2 is 2.26 bits per heavy atom. The Morgan fingerprint density at radius 1 is 1.47 bits per heavy atom. The van der Waals surface area contributed by atoms with Gasteiger partial charge < -0.3 is 10.2 Å². The van der Waals surface area contributed by atoms with E-state index in [9.17, 15) is 0 Å². The van der Waals surface area contributed by atoms with Gasteiger partial charge in [-0.05, 0) is 80.7 Å². The van der Waals surface area contributed by atoms with Gasteiger partial charge in [-0.1, -0.05) is 0 Å². The zero-order valence-electron chi connectivity index (χ0n) is 12.1. The van der Waals surface area contributed by atoms with Crippen molar-refractivity contribution in [3.05, 3.63) is 22.3 Å². The van der Waals surface area contributed by atoms with Gasteiger partial charge in [-0.25, -0.2) is 4.98 Å². The third kappa shape index (κ3) is 3.93. The highest BCUT2D eigenvalue weighted by molar-refractivity contribution is 9.10. The van der Waals surface area contributed by atoms with Crippen LogP contribution in [0.2, 0.25) is 0 Å². The van der Waals surface area contributed by atoms with Crippen molar-refractivity contribution in [2.24, 2.45) is 5.92 Å². The highest BCUT2D eigenvalue weighted by atomic mass is 79.9. The van der Waals surface area contributed by atoms with Gasteiger partial charge in [0.1, 0.15) is 5.82 Å². The molecule has 0 spiro atoms. The van der Waals surface area contributed by atoms with Crippen molar-refractivity contribution in [2.45, 2.75) is 39.7 Å². The molecule has 19 heavy (non-hydrogen) atoms. The smallest absolute Gasteiger partial charge is 0.129 e. The van der Waals surface area contributed by atoms with E-state index in [0.717, 1.165) is 35.0 Å². The van der Waals surface area contributed by atoms with Crippen LogP contribution in [0, 0.1) is 12.8 Å². The minimum absolute atomic E-state index is 0.481. The fraction of sp³-hybridized carbons (Fsp3) is 0.667. The van der Waals surface area contributed by atoms with Crippen molar-refractivity contribution in [3.8, 4) is 0 Å². The van der Waals surface area contributed by atoms with Crippen molar-refractivity contribution in [1.82, 2.24) is 10.3 Å². The second kappa shape index (κ2) is 6.71. The molecule has 2 rings (SSSR count). The standard InChI is InChI=1S/C15H24BrN3/c1-11(2)19(10-13-5-4-8-17-9-13)15-7-6-14(16)12(3)18-15/h6-7,11,13,17H,4-5,8-10H2,1-3H3. The number of hydrogen-bond donors (Lipinski definition) is 1. The largest absolute Gasteiger partial charge is 0.354 e. The SMILES string of the molecule is Cc1nc(N(CC2CCCNC2)C(C)C)ccc1Br. The Bertz CT molecular complexity index is 414. The zero-order valence-corrected chi connectivity index (χ0v) is 13.7. The molecule has 1 saturated heterocycles. The summed E-state index contributed by atoms with van der Waals surface area (Å²) >= 11 is 3.52. The predicted molar refractivity (Wildman–Crippen MR) is 84.7 cm³/mol. The molecule has 3 nitrogen and oxygen atoms in total. The molecule has 0 aromatic carbocycles. The number of rotatable bonds is 4. The van der Waals surface area contributed by atoms with Gasteiger partial charge in [0.2, 0.25) is 0 Å². The quantitative estimate of drug-likeness (QED) is 0.919. The summed E-state index contributed by atoms with van der Waals surface area (Å²) in [5, 5.41) is 3.50. The number of nitrogens with zero attached hydrogens (tertiary/aromatic N) is 2. The summed E-state index contributed by atoms with van der Waals surface area (Å²) in [7, 11) is 0. The topological polar surface area (TPSA) is 28.2 Å². The maximum atomic E-state index is 4.72. The van der Waals surface area contributed by atoms with Crippen LogP contribution in [-0.4, -0.2) is 30.7 Å². The first kappa shape index (κ1) is 14.8. The molecule has 106 valence electrons. The average Bonchev–Trinajstić information content (AvgIpc) is 2.40. The van der Waals surface area contributed by atoms with E-state index in [1.807, 2.05) is 6.92 Å². The van der Waals surface area contributed by atoms with Crippen molar-refractivity contribution < 1.29 is 0 Å². The summed E-state index contributed by atoms with van der Waals surface area (Å²) in [5.41, 5.74) is 1.06. The van der Waals surface area contributed by atoms with Gasteiger partial charge in [0.05, 0.1) is 5.69 Å². The van der Waals surface area contributed by atoms with E-state index in [1.54, 1.807) is 0 Å². The van der Waals surface area contributed by atoms with Gasteiger partial charge in [0, 0.05) is 17.1 Å². The van der Waals surface area contributed by atoms with Gasteiger partial charge in [0.15, 0.2) is 0 Å². The first-order valence-electron chi connectivity index (χ1n) is 7.18. The van der Waals surface area contributed by atoms with E-state index in [0.29, 0.717) is 6.04 Å². The second-order valence-corrected chi connectivity index (χ2v) is 6.55. The third-order valence-corrected chi connectivity index (χ3v) is 4.62. The number of halogens is 1. The molecular weight excluding hydrogens is 302 g/mol. The van der Waals surface area contributed by atoms with E-state index in [2.05, 4.69) is 52.1 Å². The molecule has 0 saturated carbocycles. The molecule has 1 aliphatic heterocycles. The van der Waals surface area contributed by atoms with Gasteiger partial charge in [-0.2, -0.15) is 0 Å². The van der Waals surface area contributed by atoms with E-state index >= 15 is 0 Å². The number of piperidine rings is 1. The first-order valence-corrected chi connectivity index (χ1v) is 7.97. The Morgan fingerprint density at radius 3 is 2.84 bits per heavy atom. The van der Waals surface area contributed by atoms with Crippen molar-refractivity contribution in [3.63, 3.8) is 0 Å². The number of anilines is 1. The predicted octanol–water partition coefficient (Wildman–Crippen LogP) is 3.37. The lowest BCUT2D eigenvalue weighted by Gasteiger charge is -2.34. The second-order valence-electron chi connectivity index (χ2n) is 5.70. The molecule has 4 heteroatoms. The molecule has 1 atom stereocenters. The molecule has 1 unspecified atom stereocenters. The van der Waals surface area contributed by atoms with Crippen LogP contribution >= 0.6 is 15.9 Å².